The lowest BCUT2D eigenvalue weighted by molar-refractivity contribution is 0.852. The van der Waals surface area contributed by atoms with Gasteiger partial charge >= 0.3 is 0 Å². The molecule has 2 aromatic rings. The number of hydrogen-bond donors (Lipinski definition) is 1. The van der Waals surface area contributed by atoms with Gasteiger partial charge in [0.2, 0.25) is 0 Å². The molecule has 0 amide bonds. The van der Waals surface area contributed by atoms with Gasteiger partial charge in [-0.1, -0.05) is 41.4 Å². The third-order valence-electron chi connectivity index (χ3n) is 3.01. The summed E-state index contributed by atoms with van der Waals surface area (Å²) < 4.78 is 0. The van der Waals surface area contributed by atoms with Gasteiger partial charge in [0.25, 0.3) is 0 Å². The smallest absolute Gasteiger partial charge is 0.0598 e. The summed E-state index contributed by atoms with van der Waals surface area (Å²) in [6.07, 6.45) is 2.14. The number of hydrogen-bond acceptors (Lipinski definition) is 2. The van der Waals surface area contributed by atoms with E-state index < -0.39 is 0 Å². The largest absolute Gasteiger partial charge is 0.298 e. The van der Waals surface area contributed by atoms with Crippen molar-refractivity contribution >= 4 is 34.6 Å². The zero-order valence-electron chi connectivity index (χ0n) is 10.1. The molecule has 0 radical (unpaired) electrons. The molecule has 0 spiro atoms. The number of anilines is 1. The molecule has 4 heteroatoms. The predicted octanol–water partition coefficient (Wildman–Crippen LogP) is 4.36. The highest BCUT2D eigenvalue weighted by Crippen LogP contribution is 2.24. The number of rotatable bonds is 2. The maximum Gasteiger partial charge on any atom is 0.0598 e. The fraction of sp³-hybridized carbons (Fsp3) is 0.0667. The van der Waals surface area contributed by atoms with Crippen LogP contribution in [0.5, 0.6) is 0 Å². The van der Waals surface area contributed by atoms with Crippen molar-refractivity contribution in [1.82, 2.24) is 5.43 Å². The molecule has 2 nitrogen and oxygen atoms in total. The first-order valence-corrected chi connectivity index (χ1v) is 6.74. The molecular weight excluding hydrogens is 279 g/mol. The van der Waals surface area contributed by atoms with E-state index in [1.54, 1.807) is 0 Å². The van der Waals surface area contributed by atoms with E-state index in [1.165, 1.54) is 0 Å². The first-order chi connectivity index (χ1) is 9.22. The van der Waals surface area contributed by atoms with Gasteiger partial charge in [0.05, 0.1) is 17.9 Å². The Morgan fingerprint density at radius 3 is 2.47 bits per heavy atom. The molecule has 3 rings (SSSR count). The van der Waals surface area contributed by atoms with Crippen LogP contribution in [-0.4, -0.2) is 6.54 Å². The molecule has 19 heavy (non-hydrogen) atoms. The predicted molar refractivity (Wildman–Crippen MR) is 81.4 cm³/mol. The third-order valence-corrected chi connectivity index (χ3v) is 3.50. The molecule has 0 aromatic heterocycles. The number of hydrazine groups is 1. The molecule has 0 fully saturated rings. The van der Waals surface area contributed by atoms with Gasteiger partial charge in [0.1, 0.15) is 0 Å². The van der Waals surface area contributed by atoms with Crippen LogP contribution in [0.15, 0.2) is 54.6 Å². The molecule has 2 aromatic carbocycles. The van der Waals surface area contributed by atoms with Crippen LogP contribution in [0.1, 0.15) is 5.56 Å². The van der Waals surface area contributed by atoms with Gasteiger partial charge in [-0.15, -0.1) is 0 Å². The van der Waals surface area contributed by atoms with Crippen LogP contribution in [-0.2, 0) is 0 Å². The zero-order chi connectivity index (χ0) is 13.2. The number of halogens is 2. The number of nitrogens with zero attached hydrogens (tertiary/aromatic N) is 1. The molecule has 0 saturated heterocycles. The molecule has 0 aliphatic carbocycles. The summed E-state index contributed by atoms with van der Waals surface area (Å²) >= 11 is 11.9. The maximum absolute atomic E-state index is 6.01. The van der Waals surface area contributed by atoms with Crippen molar-refractivity contribution in [1.29, 1.82) is 0 Å². The zero-order valence-corrected chi connectivity index (χ0v) is 11.6. The average molecular weight is 291 g/mol. The van der Waals surface area contributed by atoms with Crippen molar-refractivity contribution in [3.05, 3.63) is 70.2 Å². The van der Waals surface area contributed by atoms with Crippen LogP contribution in [0, 0.1) is 0 Å². The second-order valence-corrected chi connectivity index (χ2v) is 5.20. The van der Waals surface area contributed by atoms with E-state index in [-0.39, 0.29) is 0 Å². The topological polar surface area (TPSA) is 15.3 Å². The minimum Gasteiger partial charge on any atom is -0.298 e. The molecule has 1 heterocycles. The maximum atomic E-state index is 6.01. The first kappa shape index (κ1) is 12.4. The Morgan fingerprint density at radius 2 is 1.74 bits per heavy atom. The van der Waals surface area contributed by atoms with Crippen LogP contribution in [0.25, 0.3) is 5.70 Å². The summed E-state index contributed by atoms with van der Waals surface area (Å²) in [4.78, 5) is 0. The Labute approximate surface area is 122 Å². The highest BCUT2D eigenvalue weighted by molar-refractivity contribution is 6.31. The van der Waals surface area contributed by atoms with Crippen molar-refractivity contribution in [2.45, 2.75) is 0 Å². The fourth-order valence-electron chi connectivity index (χ4n) is 2.05. The van der Waals surface area contributed by atoms with E-state index in [4.69, 9.17) is 23.2 Å². The van der Waals surface area contributed by atoms with E-state index in [2.05, 4.69) is 16.5 Å². The lowest BCUT2D eigenvalue weighted by Gasteiger charge is -2.20. The molecule has 1 aliphatic heterocycles. The second-order valence-electron chi connectivity index (χ2n) is 4.33. The highest BCUT2D eigenvalue weighted by atomic mass is 35.5. The Bertz CT molecular complexity index is 620. The SMILES string of the molecule is Clc1ccc(C2=CCN(c3cccc(Cl)c3)N2)cc1. The molecular formula is C15H12Cl2N2. The Hall–Kier alpha value is -1.64. The summed E-state index contributed by atoms with van der Waals surface area (Å²) in [5.74, 6) is 0. The fourth-order valence-corrected chi connectivity index (χ4v) is 2.36. The van der Waals surface area contributed by atoms with Crippen LogP contribution in [0.2, 0.25) is 10.0 Å². The van der Waals surface area contributed by atoms with Gasteiger partial charge < -0.3 is 0 Å². The van der Waals surface area contributed by atoms with Crippen molar-refractivity contribution in [2.24, 2.45) is 0 Å². The summed E-state index contributed by atoms with van der Waals surface area (Å²) in [6, 6.07) is 15.6. The normalized spacial score (nSPS) is 14.2. The Kier molecular flexibility index (Phi) is 3.36. The first-order valence-electron chi connectivity index (χ1n) is 5.98. The molecule has 0 saturated carbocycles. The Morgan fingerprint density at radius 1 is 0.947 bits per heavy atom. The van der Waals surface area contributed by atoms with Crippen LogP contribution in [0.3, 0.4) is 0 Å². The van der Waals surface area contributed by atoms with Gasteiger partial charge in [0, 0.05) is 10.0 Å². The second kappa shape index (κ2) is 5.16. The lowest BCUT2D eigenvalue weighted by atomic mass is 10.1. The van der Waals surface area contributed by atoms with Crippen molar-refractivity contribution in [3.63, 3.8) is 0 Å². The summed E-state index contributed by atoms with van der Waals surface area (Å²) in [5, 5.41) is 3.53. The van der Waals surface area contributed by atoms with Crippen LogP contribution >= 0.6 is 23.2 Å². The number of benzene rings is 2. The van der Waals surface area contributed by atoms with E-state index in [0.29, 0.717) is 0 Å². The van der Waals surface area contributed by atoms with E-state index in [0.717, 1.165) is 33.5 Å². The van der Waals surface area contributed by atoms with Crippen molar-refractivity contribution in [3.8, 4) is 0 Å². The molecule has 0 unspecified atom stereocenters. The summed E-state index contributed by atoms with van der Waals surface area (Å²) in [5.41, 5.74) is 6.61. The third kappa shape index (κ3) is 2.70. The quantitative estimate of drug-likeness (QED) is 0.884. The minimum absolute atomic E-state index is 0.735. The lowest BCUT2D eigenvalue weighted by Crippen LogP contribution is -2.31. The summed E-state index contributed by atoms with van der Waals surface area (Å²) in [7, 11) is 0. The molecule has 1 N–H and O–H groups in total. The standard InChI is InChI=1S/C15H12Cl2N2/c16-12-6-4-11(5-7-12)15-8-9-19(18-15)14-3-1-2-13(17)10-14/h1-8,10,18H,9H2. The van der Waals surface area contributed by atoms with E-state index in [1.807, 2.05) is 48.5 Å². The van der Waals surface area contributed by atoms with Crippen LogP contribution < -0.4 is 10.4 Å². The number of nitrogens with one attached hydrogen (secondary N) is 1. The molecule has 1 aliphatic rings. The van der Waals surface area contributed by atoms with Gasteiger partial charge in [-0.2, -0.15) is 0 Å². The van der Waals surface area contributed by atoms with Gasteiger partial charge in [-0.3, -0.25) is 10.4 Å². The average Bonchev–Trinajstić information content (AvgIpc) is 2.89. The molecule has 0 atom stereocenters. The van der Waals surface area contributed by atoms with Gasteiger partial charge in [0.15, 0.2) is 0 Å². The van der Waals surface area contributed by atoms with E-state index >= 15 is 0 Å². The molecule has 0 bridgehead atoms. The monoisotopic (exact) mass is 290 g/mol. The molecule has 96 valence electrons. The van der Waals surface area contributed by atoms with Crippen LogP contribution in [0.4, 0.5) is 5.69 Å². The highest BCUT2D eigenvalue weighted by Gasteiger charge is 2.15. The van der Waals surface area contributed by atoms with Crippen molar-refractivity contribution in [2.75, 3.05) is 11.6 Å². The Balaban J connectivity index is 1.78. The summed E-state index contributed by atoms with van der Waals surface area (Å²) in [6.45, 7) is 0.804. The van der Waals surface area contributed by atoms with E-state index in [9.17, 15) is 0 Å². The van der Waals surface area contributed by atoms with Gasteiger partial charge in [-0.25, -0.2) is 0 Å². The minimum atomic E-state index is 0.735. The van der Waals surface area contributed by atoms with Crippen molar-refractivity contribution < 1.29 is 0 Å². The van der Waals surface area contributed by atoms with Gasteiger partial charge in [-0.05, 0) is 42.0 Å².